The number of methoxy groups -OCH3 is 1. The minimum Gasteiger partial charge on any atom is -0.369 e. The maximum atomic E-state index is 10.3. The molecule has 0 saturated carbocycles. The lowest BCUT2D eigenvalue weighted by molar-refractivity contribution is -0.135. The van der Waals surface area contributed by atoms with Crippen LogP contribution in [0.1, 0.15) is 13.8 Å². The average Bonchev–Trinajstić information content (AvgIpc) is 1.67. The number of carbonyl (C=O) groups is 1. The van der Waals surface area contributed by atoms with Crippen LogP contribution in [0.5, 0.6) is 0 Å². The van der Waals surface area contributed by atoms with Crippen LogP contribution in [0.15, 0.2) is 0 Å². The van der Waals surface area contributed by atoms with E-state index in [1.807, 2.05) is 0 Å². The zero-order chi connectivity index (χ0) is 6.78. The van der Waals surface area contributed by atoms with Crippen LogP contribution in [0.4, 0.5) is 0 Å². The number of hydrogen-bond donors (Lipinski definition) is 1. The molecule has 0 fully saturated rings. The summed E-state index contributed by atoms with van der Waals surface area (Å²) in [7, 11) is 1.45. The van der Waals surface area contributed by atoms with Crippen LogP contribution >= 0.6 is 12.4 Å². The molecule has 9 heavy (non-hydrogen) atoms. The fourth-order valence-corrected chi connectivity index (χ4v) is 0.101. The molecule has 1 amide bonds. The Morgan fingerprint density at radius 1 is 1.56 bits per heavy atom. The van der Waals surface area contributed by atoms with E-state index in [0.29, 0.717) is 0 Å². The fraction of sp³-hybridized carbons (Fsp3) is 0.800. The van der Waals surface area contributed by atoms with Crippen molar-refractivity contribution in [1.29, 1.82) is 0 Å². The van der Waals surface area contributed by atoms with Crippen LogP contribution in [0, 0.1) is 0 Å². The van der Waals surface area contributed by atoms with Crippen molar-refractivity contribution in [3.8, 4) is 0 Å². The SMILES string of the molecule is COC(C)(C)C(N)=O.Cl. The van der Waals surface area contributed by atoms with Crippen molar-refractivity contribution >= 4 is 18.3 Å². The summed E-state index contributed by atoms with van der Waals surface area (Å²) >= 11 is 0. The van der Waals surface area contributed by atoms with Gasteiger partial charge in [-0.25, -0.2) is 0 Å². The topological polar surface area (TPSA) is 52.3 Å². The Bertz CT molecular complexity index is 103. The Kier molecular flexibility index (Phi) is 4.72. The van der Waals surface area contributed by atoms with E-state index in [9.17, 15) is 4.79 Å². The van der Waals surface area contributed by atoms with Crippen LogP contribution in [-0.2, 0) is 9.53 Å². The second-order valence-electron chi connectivity index (χ2n) is 2.08. The van der Waals surface area contributed by atoms with Gasteiger partial charge in [0.15, 0.2) is 0 Å². The third-order valence-electron chi connectivity index (χ3n) is 1.10. The maximum Gasteiger partial charge on any atom is 0.249 e. The predicted octanol–water partition coefficient (Wildman–Crippen LogP) is 0.318. The summed E-state index contributed by atoms with van der Waals surface area (Å²) in [6.45, 7) is 3.24. The van der Waals surface area contributed by atoms with E-state index >= 15 is 0 Å². The molecule has 2 N–H and O–H groups in total. The summed E-state index contributed by atoms with van der Waals surface area (Å²) in [6.07, 6.45) is 0. The van der Waals surface area contributed by atoms with E-state index in [2.05, 4.69) is 0 Å². The molecular formula is C5H12ClNO2. The summed E-state index contributed by atoms with van der Waals surface area (Å²) in [5.74, 6) is -0.444. The quantitative estimate of drug-likeness (QED) is 0.621. The summed E-state index contributed by atoms with van der Waals surface area (Å²) in [4.78, 5) is 10.3. The second kappa shape index (κ2) is 3.69. The lowest BCUT2D eigenvalue weighted by Gasteiger charge is -2.17. The normalized spacial score (nSPS) is 10.1. The molecule has 0 aliphatic heterocycles. The van der Waals surface area contributed by atoms with Crippen molar-refractivity contribution in [1.82, 2.24) is 0 Å². The number of amides is 1. The second-order valence-corrected chi connectivity index (χ2v) is 2.08. The number of carbonyl (C=O) groups excluding carboxylic acids is 1. The molecule has 0 spiro atoms. The van der Waals surface area contributed by atoms with E-state index in [4.69, 9.17) is 10.5 Å². The lowest BCUT2D eigenvalue weighted by atomic mass is 10.1. The third-order valence-corrected chi connectivity index (χ3v) is 1.10. The van der Waals surface area contributed by atoms with Crippen LogP contribution in [-0.4, -0.2) is 18.6 Å². The first-order valence-electron chi connectivity index (χ1n) is 2.36. The molecule has 0 aliphatic carbocycles. The van der Waals surface area contributed by atoms with Gasteiger partial charge < -0.3 is 10.5 Å². The van der Waals surface area contributed by atoms with Crippen LogP contribution in [0.25, 0.3) is 0 Å². The monoisotopic (exact) mass is 153 g/mol. The molecule has 0 aliphatic rings. The van der Waals surface area contributed by atoms with Crippen molar-refractivity contribution < 1.29 is 9.53 Å². The van der Waals surface area contributed by atoms with Gasteiger partial charge in [-0.05, 0) is 13.8 Å². The van der Waals surface area contributed by atoms with E-state index in [1.165, 1.54) is 7.11 Å². The summed E-state index contributed by atoms with van der Waals surface area (Å²) in [5.41, 5.74) is 4.10. The Hall–Kier alpha value is -0.280. The van der Waals surface area contributed by atoms with Crippen molar-refractivity contribution in [2.75, 3.05) is 7.11 Å². The van der Waals surface area contributed by atoms with Crippen molar-refractivity contribution in [3.63, 3.8) is 0 Å². The van der Waals surface area contributed by atoms with E-state index in [1.54, 1.807) is 13.8 Å². The van der Waals surface area contributed by atoms with Gasteiger partial charge in [0.1, 0.15) is 5.60 Å². The van der Waals surface area contributed by atoms with Gasteiger partial charge in [-0.1, -0.05) is 0 Å². The summed E-state index contributed by atoms with van der Waals surface area (Å²) in [5, 5.41) is 0. The standard InChI is InChI=1S/C5H11NO2.ClH/c1-5(2,8-3)4(6)7;/h1-3H3,(H2,6,7);1H. The Morgan fingerprint density at radius 3 is 1.89 bits per heavy atom. The predicted molar refractivity (Wildman–Crippen MR) is 37.5 cm³/mol. The number of nitrogens with two attached hydrogens (primary N) is 1. The first-order valence-corrected chi connectivity index (χ1v) is 2.36. The van der Waals surface area contributed by atoms with Gasteiger partial charge in [0.2, 0.25) is 5.91 Å². The third kappa shape index (κ3) is 3.32. The minimum absolute atomic E-state index is 0. The van der Waals surface area contributed by atoms with Gasteiger partial charge in [-0.2, -0.15) is 0 Å². The van der Waals surface area contributed by atoms with E-state index in [-0.39, 0.29) is 12.4 Å². The van der Waals surface area contributed by atoms with Gasteiger partial charge in [-0.15, -0.1) is 12.4 Å². The molecule has 0 aromatic heterocycles. The lowest BCUT2D eigenvalue weighted by Crippen LogP contribution is -2.39. The van der Waals surface area contributed by atoms with E-state index in [0.717, 1.165) is 0 Å². The highest BCUT2D eigenvalue weighted by atomic mass is 35.5. The number of hydrogen-bond acceptors (Lipinski definition) is 2. The summed E-state index contributed by atoms with van der Waals surface area (Å²) in [6, 6.07) is 0. The molecule has 0 atom stereocenters. The number of halogens is 1. The average molecular weight is 154 g/mol. The zero-order valence-electron chi connectivity index (χ0n) is 5.80. The van der Waals surface area contributed by atoms with Crippen molar-refractivity contribution in [2.45, 2.75) is 19.4 Å². The Balaban J connectivity index is 0. The van der Waals surface area contributed by atoms with Gasteiger partial charge >= 0.3 is 0 Å². The van der Waals surface area contributed by atoms with Gasteiger partial charge in [-0.3, -0.25) is 4.79 Å². The molecule has 0 saturated heterocycles. The molecule has 56 valence electrons. The molecule has 0 aromatic carbocycles. The first-order chi connectivity index (χ1) is 3.50. The minimum atomic E-state index is -0.819. The van der Waals surface area contributed by atoms with Gasteiger partial charge in [0.05, 0.1) is 0 Å². The number of ether oxygens (including phenoxy) is 1. The number of primary amides is 1. The highest BCUT2D eigenvalue weighted by Gasteiger charge is 2.22. The van der Waals surface area contributed by atoms with Crippen LogP contribution in [0.2, 0.25) is 0 Å². The van der Waals surface area contributed by atoms with Crippen molar-refractivity contribution in [3.05, 3.63) is 0 Å². The highest BCUT2D eigenvalue weighted by Crippen LogP contribution is 2.03. The van der Waals surface area contributed by atoms with Crippen LogP contribution < -0.4 is 5.73 Å². The smallest absolute Gasteiger partial charge is 0.249 e. The molecular weight excluding hydrogens is 142 g/mol. The molecule has 0 heterocycles. The summed E-state index contributed by atoms with van der Waals surface area (Å²) < 4.78 is 4.72. The fourth-order valence-electron chi connectivity index (χ4n) is 0.101. The highest BCUT2D eigenvalue weighted by molar-refractivity contribution is 5.85. The molecule has 4 heteroatoms. The molecule has 0 rings (SSSR count). The van der Waals surface area contributed by atoms with Gasteiger partial charge in [0.25, 0.3) is 0 Å². The van der Waals surface area contributed by atoms with Crippen molar-refractivity contribution in [2.24, 2.45) is 5.73 Å². The Morgan fingerprint density at radius 2 is 1.89 bits per heavy atom. The number of rotatable bonds is 2. The molecule has 0 unspecified atom stereocenters. The zero-order valence-corrected chi connectivity index (χ0v) is 6.62. The Labute approximate surface area is 61.0 Å². The largest absolute Gasteiger partial charge is 0.369 e. The molecule has 0 radical (unpaired) electrons. The van der Waals surface area contributed by atoms with Gasteiger partial charge in [0, 0.05) is 7.11 Å². The molecule has 0 bridgehead atoms. The van der Waals surface area contributed by atoms with E-state index < -0.39 is 11.5 Å². The molecule has 3 nitrogen and oxygen atoms in total. The van der Waals surface area contributed by atoms with Crippen LogP contribution in [0.3, 0.4) is 0 Å². The molecule has 0 aromatic rings. The maximum absolute atomic E-state index is 10.3. The first kappa shape index (κ1) is 11.5.